The molecule has 0 heterocycles. The molecule has 1 aliphatic carbocycles. The standard InChI is InChI=1S/C13H21N3O3S/c14-11-5-4-10(20(15,18)19)8-12(11)16-13(9-17)6-2-1-3-7-13/h4-5,8,16-17H,1-3,6-7,9,14H2,(H2,15,18,19). The zero-order valence-electron chi connectivity index (χ0n) is 11.3. The van der Waals surface area contributed by atoms with Gasteiger partial charge >= 0.3 is 0 Å². The van der Waals surface area contributed by atoms with Crippen molar-refractivity contribution in [3.8, 4) is 0 Å². The van der Waals surface area contributed by atoms with E-state index in [1.807, 2.05) is 0 Å². The molecule has 0 spiro atoms. The first-order valence-electron chi connectivity index (χ1n) is 6.68. The van der Waals surface area contributed by atoms with Gasteiger partial charge in [-0.15, -0.1) is 0 Å². The van der Waals surface area contributed by atoms with E-state index in [1.54, 1.807) is 0 Å². The normalized spacial score (nSPS) is 18.7. The molecule has 1 aliphatic rings. The predicted molar refractivity (Wildman–Crippen MR) is 78.8 cm³/mol. The minimum atomic E-state index is -3.77. The van der Waals surface area contributed by atoms with Crippen LogP contribution >= 0.6 is 0 Å². The van der Waals surface area contributed by atoms with Gasteiger partial charge in [-0.05, 0) is 31.0 Å². The van der Waals surface area contributed by atoms with Gasteiger partial charge < -0.3 is 16.2 Å². The van der Waals surface area contributed by atoms with E-state index in [-0.39, 0.29) is 11.5 Å². The van der Waals surface area contributed by atoms with Crippen molar-refractivity contribution < 1.29 is 13.5 Å². The first-order valence-corrected chi connectivity index (χ1v) is 8.22. The van der Waals surface area contributed by atoms with Crippen molar-refractivity contribution >= 4 is 21.4 Å². The lowest BCUT2D eigenvalue weighted by Crippen LogP contribution is -2.44. The lowest BCUT2D eigenvalue weighted by atomic mass is 9.82. The van der Waals surface area contributed by atoms with Crippen molar-refractivity contribution in [3.05, 3.63) is 18.2 Å². The molecule has 1 aromatic carbocycles. The molecule has 0 bridgehead atoms. The Morgan fingerprint density at radius 3 is 2.45 bits per heavy atom. The summed E-state index contributed by atoms with van der Waals surface area (Å²) in [6.45, 7) is -0.00789. The van der Waals surface area contributed by atoms with Gasteiger partial charge in [-0.2, -0.15) is 0 Å². The fourth-order valence-corrected chi connectivity index (χ4v) is 3.20. The zero-order chi connectivity index (χ0) is 14.8. The Morgan fingerprint density at radius 1 is 1.25 bits per heavy atom. The Kier molecular flexibility index (Phi) is 4.22. The number of rotatable bonds is 4. The summed E-state index contributed by atoms with van der Waals surface area (Å²) < 4.78 is 22.8. The van der Waals surface area contributed by atoms with Crippen LogP contribution in [0.15, 0.2) is 23.1 Å². The van der Waals surface area contributed by atoms with Crippen LogP contribution < -0.4 is 16.2 Å². The number of aliphatic hydroxyl groups excluding tert-OH is 1. The molecule has 6 nitrogen and oxygen atoms in total. The first-order chi connectivity index (χ1) is 9.36. The fraction of sp³-hybridized carbons (Fsp3) is 0.538. The van der Waals surface area contributed by atoms with E-state index < -0.39 is 15.6 Å². The van der Waals surface area contributed by atoms with Gasteiger partial charge in [0.05, 0.1) is 28.4 Å². The number of nitrogen functional groups attached to an aromatic ring is 1. The number of nitrogens with one attached hydrogen (secondary N) is 1. The molecule has 0 atom stereocenters. The molecule has 2 rings (SSSR count). The molecule has 0 unspecified atom stereocenters. The summed E-state index contributed by atoms with van der Waals surface area (Å²) in [7, 11) is -3.77. The Bertz CT molecular complexity index is 581. The molecule has 1 aromatic rings. The molecular weight excluding hydrogens is 278 g/mol. The largest absolute Gasteiger partial charge is 0.397 e. The van der Waals surface area contributed by atoms with Crippen LogP contribution in [0, 0.1) is 0 Å². The lowest BCUT2D eigenvalue weighted by Gasteiger charge is -2.37. The van der Waals surface area contributed by atoms with Gasteiger partial charge in [-0.25, -0.2) is 13.6 Å². The van der Waals surface area contributed by atoms with Crippen molar-refractivity contribution in [1.82, 2.24) is 0 Å². The molecule has 1 saturated carbocycles. The van der Waals surface area contributed by atoms with E-state index in [0.29, 0.717) is 11.4 Å². The van der Waals surface area contributed by atoms with Crippen molar-refractivity contribution in [2.75, 3.05) is 17.7 Å². The number of hydrogen-bond acceptors (Lipinski definition) is 5. The SMILES string of the molecule is Nc1ccc(S(N)(=O)=O)cc1NC1(CO)CCCCC1. The summed E-state index contributed by atoms with van der Waals surface area (Å²) in [4.78, 5) is 0.0121. The van der Waals surface area contributed by atoms with Gasteiger partial charge in [-0.3, -0.25) is 0 Å². The second kappa shape index (κ2) is 5.59. The van der Waals surface area contributed by atoms with Crippen LogP contribution in [0.4, 0.5) is 11.4 Å². The minimum absolute atomic E-state index is 0.00789. The van der Waals surface area contributed by atoms with Gasteiger partial charge in [0.1, 0.15) is 0 Å². The van der Waals surface area contributed by atoms with Crippen molar-refractivity contribution in [2.45, 2.75) is 42.5 Å². The second-order valence-electron chi connectivity index (χ2n) is 5.42. The molecule has 7 heteroatoms. The molecule has 0 aromatic heterocycles. The number of primary sulfonamides is 1. The number of aliphatic hydroxyl groups is 1. The maximum atomic E-state index is 11.4. The van der Waals surface area contributed by atoms with Crippen LogP contribution in [0.5, 0.6) is 0 Å². The van der Waals surface area contributed by atoms with E-state index in [9.17, 15) is 13.5 Å². The van der Waals surface area contributed by atoms with Crippen molar-refractivity contribution in [2.24, 2.45) is 5.14 Å². The number of sulfonamides is 1. The molecule has 20 heavy (non-hydrogen) atoms. The van der Waals surface area contributed by atoms with Crippen LogP contribution in [-0.2, 0) is 10.0 Å². The topological polar surface area (TPSA) is 118 Å². The smallest absolute Gasteiger partial charge is 0.238 e. The van der Waals surface area contributed by atoms with Gasteiger partial charge in [0, 0.05) is 0 Å². The van der Waals surface area contributed by atoms with Crippen molar-refractivity contribution in [3.63, 3.8) is 0 Å². The summed E-state index contributed by atoms with van der Waals surface area (Å²) in [5.74, 6) is 0. The second-order valence-corrected chi connectivity index (χ2v) is 6.98. The number of benzene rings is 1. The first kappa shape index (κ1) is 15.1. The van der Waals surface area contributed by atoms with Crippen molar-refractivity contribution in [1.29, 1.82) is 0 Å². The Hall–Kier alpha value is -1.31. The monoisotopic (exact) mass is 299 g/mol. The van der Waals surface area contributed by atoms with Gasteiger partial charge in [0.15, 0.2) is 0 Å². The van der Waals surface area contributed by atoms with E-state index in [2.05, 4.69) is 5.32 Å². The highest BCUT2D eigenvalue weighted by Gasteiger charge is 2.31. The van der Waals surface area contributed by atoms with Crippen LogP contribution in [0.2, 0.25) is 0 Å². The van der Waals surface area contributed by atoms with E-state index in [0.717, 1.165) is 32.1 Å². The van der Waals surface area contributed by atoms with Gasteiger partial charge in [-0.1, -0.05) is 19.3 Å². The summed E-state index contributed by atoms with van der Waals surface area (Å²) in [6.07, 6.45) is 4.88. The van der Waals surface area contributed by atoms with Crippen LogP contribution in [0.1, 0.15) is 32.1 Å². The Morgan fingerprint density at radius 2 is 1.90 bits per heavy atom. The maximum absolute atomic E-state index is 11.4. The van der Waals surface area contributed by atoms with E-state index >= 15 is 0 Å². The quantitative estimate of drug-likeness (QED) is 0.619. The molecule has 0 saturated heterocycles. The zero-order valence-corrected chi connectivity index (χ0v) is 12.1. The summed E-state index contributed by atoms with van der Waals surface area (Å²) in [6, 6.07) is 4.31. The molecule has 112 valence electrons. The maximum Gasteiger partial charge on any atom is 0.238 e. The summed E-state index contributed by atoms with van der Waals surface area (Å²) >= 11 is 0. The molecular formula is C13H21N3O3S. The highest BCUT2D eigenvalue weighted by Crippen LogP contribution is 2.34. The molecule has 0 aliphatic heterocycles. The third-order valence-corrected chi connectivity index (χ3v) is 4.78. The molecule has 1 fully saturated rings. The Labute approximate surface area is 119 Å². The number of anilines is 2. The third kappa shape index (κ3) is 3.23. The minimum Gasteiger partial charge on any atom is -0.397 e. The van der Waals surface area contributed by atoms with Gasteiger partial charge in [0.2, 0.25) is 10.0 Å². The summed E-state index contributed by atoms with van der Waals surface area (Å²) in [5, 5.41) is 18.0. The van der Waals surface area contributed by atoms with Gasteiger partial charge in [0.25, 0.3) is 0 Å². The highest BCUT2D eigenvalue weighted by atomic mass is 32.2. The van der Waals surface area contributed by atoms with Crippen LogP contribution in [-0.4, -0.2) is 25.7 Å². The number of nitrogens with two attached hydrogens (primary N) is 2. The average molecular weight is 299 g/mol. The van der Waals surface area contributed by atoms with Crippen LogP contribution in [0.3, 0.4) is 0 Å². The Balaban J connectivity index is 2.32. The highest BCUT2D eigenvalue weighted by molar-refractivity contribution is 7.89. The fourth-order valence-electron chi connectivity index (χ4n) is 2.66. The molecule has 0 radical (unpaired) electrons. The molecule has 0 amide bonds. The summed E-state index contributed by atoms with van der Waals surface area (Å²) in [5.41, 5.74) is 6.40. The van der Waals surface area contributed by atoms with E-state index in [1.165, 1.54) is 18.2 Å². The lowest BCUT2D eigenvalue weighted by molar-refractivity contribution is 0.173. The van der Waals surface area contributed by atoms with Crippen LogP contribution in [0.25, 0.3) is 0 Å². The third-order valence-electron chi connectivity index (χ3n) is 3.87. The molecule has 6 N–H and O–H groups in total. The number of hydrogen-bond donors (Lipinski definition) is 4. The predicted octanol–water partition coefficient (Wildman–Crippen LogP) is 1.02. The van der Waals surface area contributed by atoms with E-state index in [4.69, 9.17) is 10.9 Å². The average Bonchev–Trinajstić information content (AvgIpc) is 2.41.